The minimum absolute atomic E-state index is 0.282. The number of aromatic amines is 1. The summed E-state index contributed by atoms with van der Waals surface area (Å²) in [6, 6.07) is 15.8. The van der Waals surface area contributed by atoms with Crippen molar-refractivity contribution in [3.63, 3.8) is 0 Å². The number of nitrogens with one attached hydrogen (secondary N) is 2. The summed E-state index contributed by atoms with van der Waals surface area (Å²) in [6.07, 6.45) is 4.31. The predicted molar refractivity (Wildman–Crippen MR) is 125 cm³/mol. The van der Waals surface area contributed by atoms with Gasteiger partial charge < -0.3 is 10.1 Å². The molecule has 0 fully saturated rings. The molecular weight excluding hydrogens is 418 g/mol. The van der Waals surface area contributed by atoms with Crippen molar-refractivity contribution >= 4 is 17.5 Å². The summed E-state index contributed by atoms with van der Waals surface area (Å²) in [7, 11) is 0. The molecule has 0 unspecified atom stereocenters. The molecule has 0 saturated carbocycles. The first kappa shape index (κ1) is 22.1. The number of aryl methyl sites for hydroxylation is 1. The normalized spacial score (nSPS) is 10.7. The zero-order chi connectivity index (χ0) is 23.0. The third-order valence-corrected chi connectivity index (χ3v) is 5.07. The highest BCUT2D eigenvalue weighted by molar-refractivity contribution is 5.95. The Balaban J connectivity index is 1.61. The van der Waals surface area contributed by atoms with E-state index in [1.54, 1.807) is 6.92 Å². The van der Waals surface area contributed by atoms with Gasteiger partial charge in [-0.1, -0.05) is 49.7 Å². The van der Waals surface area contributed by atoms with Crippen LogP contribution < -0.4 is 5.32 Å². The Labute approximate surface area is 191 Å². The monoisotopic (exact) mass is 443 g/mol. The Morgan fingerprint density at radius 2 is 1.85 bits per heavy atom. The number of nitrogens with zero attached hydrogens (tertiary/aromatic N) is 5. The molecule has 2 aromatic heterocycles. The molecule has 168 valence electrons. The predicted octanol–water partition coefficient (Wildman–Crippen LogP) is 4.59. The number of hydrogen-bond donors (Lipinski definition) is 2. The molecule has 0 aliphatic heterocycles. The molecule has 33 heavy (non-hydrogen) atoms. The molecule has 9 nitrogen and oxygen atoms in total. The molecular formula is C24H25N7O2. The lowest BCUT2D eigenvalue weighted by Gasteiger charge is -2.13. The Morgan fingerprint density at radius 1 is 1.06 bits per heavy atom. The number of H-pyrrole nitrogens is 1. The highest BCUT2D eigenvalue weighted by Crippen LogP contribution is 2.31. The highest BCUT2D eigenvalue weighted by atomic mass is 16.5. The number of benzene rings is 2. The number of rotatable bonds is 9. The Morgan fingerprint density at radius 3 is 2.55 bits per heavy atom. The van der Waals surface area contributed by atoms with Gasteiger partial charge in [-0.2, -0.15) is 0 Å². The maximum absolute atomic E-state index is 12.4. The van der Waals surface area contributed by atoms with Crippen LogP contribution in [0.5, 0.6) is 0 Å². The van der Waals surface area contributed by atoms with Crippen molar-refractivity contribution in [1.82, 2.24) is 30.6 Å². The summed E-state index contributed by atoms with van der Waals surface area (Å²) in [6.45, 7) is 4.17. The van der Waals surface area contributed by atoms with Crippen LogP contribution in [-0.4, -0.2) is 43.2 Å². The van der Waals surface area contributed by atoms with Crippen LogP contribution >= 0.6 is 0 Å². The number of tetrazole rings is 1. The molecule has 2 N–H and O–H groups in total. The smallest absolute Gasteiger partial charge is 0.343 e. The summed E-state index contributed by atoms with van der Waals surface area (Å²) in [5.41, 5.74) is 4.01. The number of unbranched alkanes of at least 4 members (excludes halogenated alkanes) is 1. The summed E-state index contributed by atoms with van der Waals surface area (Å²) in [5.74, 6) is 1.29. The molecule has 0 aliphatic carbocycles. The van der Waals surface area contributed by atoms with Gasteiger partial charge in [-0.3, -0.25) is 0 Å². The van der Waals surface area contributed by atoms with E-state index in [4.69, 9.17) is 4.74 Å². The van der Waals surface area contributed by atoms with Gasteiger partial charge in [0, 0.05) is 23.9 Å². The van der Waals surface area contributed by atoms with E-state index in [0.29, 0.717) is 23.0 Å². The van der Waals surface area contributed by atoms with Gasteiger partial charge in [-0.05, 0) is 47.0 Å². The lowest BCUT2D eigenvalue weighted by atomic mass is 9.99. The number of aromatic nitrogens is 6. The van der Waals surface area contributed by atoms with E-state index in [9.17, 15) is 4.79 Å². The standard InChI is InChI=1S/C24H25N7O2/c1-3-5-10-21-25-15-20(24(32)33-4-2)22(27-21)26-17-13-11-16(12-14-17)18-8-6-7-9-19(18)23-28-30-31-29-23/h6-9,11-15H,3-5,10H2,1-2H3,(H,25,26,27)(H,28,29,30,31). The van der Waals surface area contributed by atoms with Crippen LogP contribution in [0.2, 0.25) is 0 Å². The molecule has 4 rings (SSSR count). The quantitative estimate of drug-likeness (QED) is 0.361. The fourth-order valence-electron chi connectivity index (χ4n) is 3.41. The Hall–Kier alpha value is -4.14. The third-order valence-electron chi connectivity index (χ3n) is 5.07. The molecule has 0 saturated heterocycles. The average molecular weight is 444 g/mol. The van der Waals surface area contributed by atoms with E-state index >= 15 is 0 Å². The minimum atomic E-state index is -0.451. The highest BCUT2D eigenvalue weighted by Gasteiger charge is 2.17. The molecule has 2 aromatic carbocycles. The fourth-order valence-corrected chi connectivity index (χ4v) is 3.41. The van der Waals surface area contributed by atoms with Crippen LogP contribution in [-0.2, 0) is 11.2 Å². The van der Waals surface area contributed by atoms with Gasteiger partial charge in [0.2, 0.25) is 0 Å². The van der Waals surface area contributed by atoms with Crippen LogP contribution in [0.3, 0.4) is 0 Å². The fraction of sp³-hybridized carbons (Fsp3) is 0.250. The van der Waals surface area contributed by atoms with E-state index < -0.39 is 5.97 Å². The molecule has 9 heteroatoms. The summed E-state index contributed by atoms with van der Waals surface area (Å²) in [4.78, 5) is 21.3. The van der Waals surface area contributed by atoms with Gasteiger partial charge in [-0.15, -0.1) is 5.10 Å². The maximum atomic E-state index is 12.4. The first-order chi connectivity index (χ1) is 16.2. The molecule has 2 heterocycles. The first-order valence-electron chi connectivity index (χ1n) is 10.9. The van der Waals surface area contributed by atoms with Crippen molar-refractivity contribution in [2.45, 2.75) is 33.1 Å². The van der Waals surface area contributed by atoms with Gasteiger partial charge in [0.25, 0.3) is 0 Å². The molecule has 0 amide bonds. The second-order valence-electron chi connectivity index (χ2n) is 7.37. The lowest BCUT2D eigenvalue weighted by molar-refractivity contribution is 0.0526. The van der Waals surface area contributed by atoms with Crippen LogP contribution in [0.25, 0.3) is 22.5 Å². The maximum Gasteiger partial charge on any atom is 0.343 e. The van der Waals surface area contributed by atoms with Gasteiger partial charge in [-0.25, -0.2) is 19.9 Å². The molecule has 0 spiro atoms. The summed E-state index contributed by atoms with van der Waals surface area (Å²) >= 11 is 0. The largest absolute Gasteiger partial charge is 0.462 e. The van der Waals surface area contributed by atoms with Gasteiger partial charge >= 0.3 is 5.97 Å². The second-order valence-corrected chi connectivity index (χ2v) is 7.37. The van der Waals surface area contributed by atoms with Crippen LogP contribution in [0.1, 0.15) is 42.9 Å². The number of anilines is 2. The second kappa shape index (κ2) is 10.4. The van der Waals surface area contributed by atoms with Crippen molar-refractivity contribution in [3.05, 3.63) is 66.1 Å². The third kappa shape index (κ3) is 5.20. The van der Waals surface area contributed by atoms with Gasteiger partial charge in [0.05, 0.1) is 6.61 Å². The zero-order valence-electron chi connectivity index (χ0n) is 18.6. The van der Waals surface area contributed by atoms with Crippen LogP contribution in [0.15, 0.2) is 54.7 Å². The summed E-state index contributed by atoms with van der Waals surface area (Å²) in [5, 5.41) is 17.5. The van der Waals surface area contributed by atoms with Crippen molar-refractivity contribution in [1.29, 1.82) is 0 Å². The van der Waals surface area contributed by atoms with Crippen molar-refractivity contribution < 1.29 is 9.53 Å². The van der Waals surface area contributed by atoms with Crippen LogP contribution in [0.4, 0.5) is 11.5 Å². The van der Waals surface area contributed by atoms with E-state index in [1.807, 2.05) is 48.5 Å². The Bertz CT molecular complexity index is 1210. The molecule has 0 atom stereocenters. The average Bonchev–Trinajstić information content (AvgIpc) is 3.38. The SMILES string of the molecule is CCCCc1ncc(C(=O)OCC)c(Nc2ccc(-c3ccccc3-c3nnn[nH]3)cc2)n1. The van der Waals surface area contributed by atoms with Gasteiger partial charge in [0.1, 0.15) is 17.2 Å². The van der Waals surface area contributed by atoms with Crippen molar-refractivity contribution in [2.24, 2.45) is 0 Å². The van der Waals surface area contributed by atoms with E-state index in [0.717, 1.165) is 41.6 Å². The number of carbonyl (C=O) groups excluding carboxylic acids is 1. The summed E-state index contributed by atoms with van der Waals surface area (Å²) < 4.78 is 5.17. The Kier molecular flexibility index (Phi) is 6.99. The molecule has 4 aromatic rings. The minimum Gasteiger partial charge on any atom is -0.462 e. The molecule has 0 radical (unpaired) electrons. The number of carbonyl (C=O) groups is 1. The molecule has 0 aliphatic rings. The first-order valence-corrected chi connectivity index (χ1v) is 10.9. The lowest BCUT2D eigenvalue weighted by Crippen LogP contribution is -2.12. The van der Waals surface area contributed by atoms with E-state index in [2.05, 4.69) is 42.8 Å². The molecule has 0 bridgehead atoms. The van der Waals surface area contributed by atoms with E-state index in [1.165, 1.54) is 6.20 Å². The zero-order valence-corrected chi connectivity index (χ0v) is 18.6. The van der Waals surface area contributed by atoms with Gasteiger partial charge in [0.15, 0.2) is 5.82 Å². The topological polar surface area (TPSA) is 119 Å². The number of esters is 1. The van der Waals surface area contributed by atoms with Crippen LogP contribution in [0, 0.1) is 0 Å². The number of hydrogen-bond acceptors (Lipinski definition) is 8. The van der Waals surface area contributed by atoms with Crippen molar-refractivity contribution in [2.75, 3.05) is 11.9 Å². The van der Waals surface area contributed by atoms with E-state index in [-0.39, 0.29) is 6.61 Å². The van der Waals surface area contributed by atoms with Crippen molar-refractivity contribution in [3.8, 4) is 22.5 Å². The number of ether oxygens (including phenoxy) is 1.